The second-order valence-electron chi connectivity index (χ2n) is 5.34. The minimum Gasteiger partial charge on any atom is -0.343 e. The first-order chi connectivity index (χ1) is 11.7. The summed E-state index contributed by atoms with van der Waals surface area (Å²) >= 11 is 0. The van der Waals surface area contributed by atoms with E-state index in [9.17, 15) is 4.79 Å². The lowest BCUT2D eigenvalue weighted by molar-refractivity contribution is 0.432. The van der Waals surface area contributed by atoms with Crippen LogP contribution in [0.3, 0.4) is 0 Å². The molecule has 4 aromatic rings. The van der Waals surface area contributed by atoms with Gasteiger partial charge in [-0.3, -0.25) is 9.78 Å². The average Bonchev–Trinajstić information content (AvgIpc) is 3.22. The van der Waals surface area contributed by atoms with Gasteiger partial charge in [-0.15, -0.1) is 0 Å². The number of hydrogen-bond acceptors (Lipinski definition) is 6. The molecular weight excluding hydrogens is 308 g/mol. The van der Waals surface area contributed by atoms with Crippen molar-refractivity contribution >= 4 is 5.65 Å². The van der Waals surface area contributed by atoms with E-state index in [0.29, 0.717) is 34.7 Å². The van der Waals surface area contributed by atoms with Crippen molar-refractivity contribution in [1.82, 2.24) is 29.7 Å². The molecule has 0 aliphatic rings. The first-order valence-electron chi connectivity index (χ1n) is 7.54. The van der Waals surface area contributed by atoms with E-state index in [2.05, 4.69) is 25.2 Å². The molecule has 8 heteroatoms. The lowest BCUT2D eigenvalue weighted by Crippen LogP contribution is -2.21. The van der Waals surface area contributed by atoms with Crippen molar-refractivity contribution in [3.8, 4) is 23.0 Å². The van der Waals surface area contributed by atoms with Crippen molar-refractivity contribution in [3.05, 3.63) is 52.2 Å². The van der Waals surface area contributed by atoms with Crippen molar-refractivity contribution in [2.45, 2.75) is 20.3 Å². The van der Waals surface area contributed by atoms with Gasteiger partial charge in [0.25, 0.3) is 11.4 Å². The predicted molar refractivity (Wildman–Crippen MR) is 86.5 cm³/mol. The van der Waals surface area contributed by atoms with Crippen molar-refractivity contribution in [3.63, 3.8) is 0 Å². The highest BCUT2D eigenvalue weighted by Gasteiger charge is 2.18. The molecule has 0 aliphatic heterocycles. The van der Waals surface area contributed by atoms with Gasteiger partial charge in [0.15, 0.2) is 0 Å². The lowest BCUT2D eigenvalue weighted by Gasteiger charge is -2.03. The van der Waals surface area contributed by atoms with Crippen molar-refractivity contribution in [2.24, 2.45) is 0 Å². The van der Waals surface area contributed by atoms with E-state index in [1.807, 2.05) is 26.0 Å². The zero-order valence-corrected chi connectivity index (χ0v) is 13.1. The molecule has 0 atom stereocenters. The van der Waals surface area contributed by atoms with E-state index >= 15 is 0 Å². The number of rotatable bonds is 3. The van der Waals surface area contributed by atoms with Crippen molar-refractivity contribution < 1.29 is 4.52 Å². The Morgan fingerprint density at radius 2 is 2.21 bits per heavy atom. The summed E-state index contributed by atoms with van der Waals surface area (Å²) in [6.45, 7) is 3.80. The SMILES string of the molecule is CCc1c(C)[nH]c2c(-c3nc(-c4ccccn4)no3)cnn2c1=O. The molecule has 0 radical (unpaired) electrons. The van der Waals surface area contributed by atoms with Gasteiger partial charge in [0.05, 0.1) is 6.20 Å². The Hall–Kier alpha value is -3.29. The maximum Gasteiger partial charge on any atom is 0.277 e. The number of fused-ring (bicyclic) bond motifs is 1. The highest BCUT2D eigenvalue weighted by atomic mass is 16.5. The van der Waals surface area contributed by atoms with Crippen LogP contribution in [0.5, 0.6) is 0 Å². The Morgan fingerprint density at radius 1 is 1.33 bits per heavy atom. The summed E-state index contributed by atoms with van der Waals surface area (Å²) in [5.74, 6) is 0.666. The fraction of sp³-hybridized carbons (Fsp3) is 0.188. The number of aromatic amines is 1. The van der Waals surface area contributed by atoms with Gasteiger partial charge < -0.3 is 9.51 Å². The summed E-state index contributed by atoms with van der Waals surface area (Å²) in [6, 6.07) is 5.46. The van der Waals surface area contributed by atoms with Crippen LogP contribution in [0.4, 0.5) is 0 Å². The molecule has 0 unspecified atom stereocenters. The van der Waals surface area contributed by atoms with Gasteiger partial charge in [-0.1, -0.05) is 18.1 Å². The first-order valence-corrected chi connectivity index (χ1v) is 7.54. The smallest absolute Gasteiger partial charge is 0.277 e. The van der Waals surface area contributed by atoms with E-state index in [1.165, 1.54) is 4.52 Å². The average molecular weight is 322 g/mol. The minimum atomic E-state index is -0.139. The zero-order valence-electron chi connectivity index (χ0n) is 13.1. The molecule has 0 amide bonds. The molecule has 8 nitrogen and oxygen atoms in total. The summed E-state index contributed by atoms with van der Waals surface area (Å²) in [5.41, 5.74) is 3.10. The zero-order chi connectivity index (χ0) is 16.7. The maximum atomic E-state index is 12.5. The predicted octanol–water partition coefficient (Wildman–Crippen LogP) is 2.01. The Labute approximate surface area is 136 Å². The second kappa shape index (κ2) is 5.41. The largest absolute Gasteiger partial charge is 0.343 e. The van der Waals surface area contributed by atoms with Crippen LogP contribution < -0.4 is 5.56 Å². The highest BCUT2D eigenvalue weighted by molar-refractivity contribution is 5.72. The molecule has 4 aromatic heterocycles. The fourth-order valence-electron chi connectivity index (χ4n) is 2.67. The van der Waals surface area contributed by atoms with Gasteiger partial charge in [0, 0.05) is 17.5 Å². The quantitative estimate of drug-likeness (QED) is 0.619. The standard InChI is InChI=1S/C16H14N6O2/c1-3-10-9(2)19-14-11(8-18-22(14)16(10)23)15-20-13(21-24-15)12-6-4-5-7-17-12/h4-8,19H,3H2,1-2H3. The van der Waals surface area contributed by atoms with Crippen molar-refractivity contribution in [2.75, 3.05) is 0 Å². The Morgan fingerprint density at radius 3 is 2.96 bits per heavy atom. The molecule has 0 saturated heterocycles. The van der Waals surface area contributed by atoms with Crippen LogP contribution >= 0.6 is 0 Å². The lowest BCUT2D eigenvalue weighted by atomic mass is 10.2. The summed E-state index contributed by atoms with van der Waals surface area (Å²) in [4.78, 5) is 24.2. The summed E-state index contributed by atoms with van der Waals surface area (Å²) in [6.07, 6.45) is 3.84. The third-order valence-electron chi connectivity index (χ3n) is 3.88. The van der Waals surface area contributed by atoms with Crippen LogP contribution in [0.25, 0.3) is 28.6 Å². The third-order valence-corrected chi connectivity index (χ3v) is 3.88. The van der Waals surface area contributed by atoms with Crippen molar-refractivity contribution in [1.29, 1.82) is 0 Å². The molecule has 0 fully saturated rings. The van der Waals surface area contributed by atoms with Gasteiger partial charge in [-0.05, 0) is 25.5 Å². The van der Waals surface area contributed by atoms with E-state index in [1.54, 1.807) is 18.5 Å². The maximum absolute atomic E-state index is 12.5. The fourth-order valence-corrected chi connectivity index (χ4v) is 2.67. The number of H-pyrrole nitrogens is 1. The Bertz CT molecular complexity index is 1080. The molecule has 0 saturated carbocycles. The Balaban J connectivity index is 1.86. The van der Waals surface area contributed by atoms with Crippen LogP contribution in [0.15, 0.2) is 39.9 Å². The molecule has 0 spiro atoms. The third kappa shape index (κ3) is 2.11. The van der Waals surface area contributed by atoms with Gasteiger partial charge >= 0.3 is 0 Å². The van der Waals surface area contributed by atoms with Gasteiger partial charge in [0.1, 0.15) is 16.9 Å². The number of pyridine rings is 1. The molecule has 4 heterocycles. The monoisotopic (exact) mass is 322 g/mol. The summed E-state index contributed by atoms with van der Waals surface area (Å²) in [7, 11) is 0. The van der Waals surface area contributed by atoms with Crippen LogP contribution in [0.2, 0.25) is 0 Å². The second-order valence-corrected chi connectivity index (χ2v) is 5.34. The van der Waals surface area contributed by atoms with E-state index in [-0.39, 0.29) is 11.4 Å². The van der Waals surface area contributed by atoms with Gasteiger partial charge in [0.2, 0.25) is 5.82 Å². The highest BCUT2D eigenvalue weighted by Crippen LogP contribution is 2.23. The molecule has 0 aromatic carbocycles. The normalized spacial score (nSPS) is 11.2. The minimum absolute atomic E-state index is 0.139. The van der Waals surface area contributed by atoms with E-state index < -0.39 is 0 Å². The number of aryl methyl sites for hydroxylation is 1. The van der Waals surface area contributed by atoms with Crippen LogP contribution in [0, 0.1) is 6.92 Å². The molecule has 120 valence electrons. The van der Waals surface area contributed by atoms with Crippen LogP contribution in [-0.4, -0.2) is 29.7 Å². The molecular formula is C16H14N6O2. The molecule has 1 N–H and O–H groups in total. The number of aromatic nitrogens is 6. The number of nitrogens with one attached hydrogen (secondary N) is 1. The Kier molecular flexibility index (Phi) is 3.23. The van der Waals surface area contributed by atoms with Crippen LogP contribution in [0.1, 0.15) is 18.2 Å². The topological polar surface area (TPSA) is 102 Å². The number of nitrogens with zero attached hydrogens (tertiary/aromatic N) is 5. The van der Waals surface area contributed by atoms with Gasteiger partial charge in [-0.25, -0.2) is 0 Å². The first kappa shape index (κ1) is 14.3. The molecule has 0 aliphatic carbocycles. The van der Waals surface area contributed by atoms with Gasteiger partial charge in [-0.2, -0.15) is 14.6 Å². The number of hydrogen-bond donors (Lipinski definition) is 1. The molecule has 0 bridgehead atoms. The molecule has 24 heavy (non-hydrogen) atoms. The van der Waals surface area contributed by atoms with E-state index in [4.69, 9.17) is 4.52 Å². The van der Waals surface area contributed by atoms with E-state index in [0.717, 1.165) is 5.69 Å². The summed E-state index contributed by atoms with van der Waals surface area (Å²) in [5, 5.41) is 8.11. The van der Waals surface area contributed by atoms with Crippen LogP contribution in [-0.2, 0) is 6.42 Å². The molecule has 4 rings (SSSR count). The summed E-state index contributed by atoms with van der Waals surface area (Å²) < 4.78 is 6.66.